The van der Waals surface area contributed by atoms with Crippen molar-refractivity contribution in [3.63, 3.8) is 0 Å². The van der Waals surface area contributed by atoms with E-state index < -0.39 is 0 Å². The summed E-state index contributed by atoms with van der Waals surface area (Å²) in [6.45, 7) is 5.35. The molecular weight excluding hydrogens is 351 g/mol. The molecule has 26 heavy (non-hydrogen) atoms. The van der Waals surface area contributed by atoms with Gasteiger partial charge in [0.15, 0.2) is 5.82 Å². The van der Waals surface area contributed by atoms with Crippen molar-refractivity contribution in [1.82, 2.24) is 20.3 Å². The molecule has 4 heterocycles. The topological polar surface area (TPSA) is 80.0 Å². The fourth-order valence-corrected chi connectivity index (χ4v) is 5.03. The van der Waals surface area contributed by atoms with Crippen molar-refractivity contribution in [2.45, 2.75) is 30.8 Å². The number of nitrogens with zero attached hydrogens (tertiary/aromatic N) is 4. The zero-order valence-corrected chi connectivity index (χ0v) is 15.7. The number of nitrogens with one attached hydrogen (secondary N) is 1. The molecule has 0 aromatic carbocycles. The van der Waals surface area contributed by atoms with Crippen LogP contribution >= 0.6 is 11.8 Å². The van der Waals surface area contributed by atoms with Crippen molar-refractivity contribution < 1.29 is 4.39 Å². The van der Waals surface area contributed by atoms with Gasteiger partial charge in [0.2, 0.25) is 5.95 Å². The maximum absolute atomic E-state index is 14.0. The first kappa shape index (κ1) is 17.6. The van der Waals surface area contributed by atoms with E-state index in [2.05, 4.69) is 31.2 Å². The van der Waals surface area contributed by atoms with Gasteiger partial charge < -0.3 is 10.6 Å². The van der Waals surface area contributed by atoms with Crippen LogP contribution in [0.3, 0.4) is 0 Å². The van der Waals surface area contributed by atoms with Gasteiger partial charge in [0.25, 0.3) is 0 Å². The standard InChI is InChI=1S/C18H23FN6S/c1-11(2)15-14(19)7-22-17(23-15)25-8-13-9-26-16(20)24-18(13,10-25)12-4-3-5-21-6-12/h3-7,11,13,16,24H,8-10,20H2,1-2H3. The Bertz CT molecular complexity index is 789. The van der Waals surface area contributed by atoms with Crippen LogP contribution in [0.15, 0.2) is 30.7 Å². The van der Waals surface area contributed by atoms with Crippen molar-refractivity contribution in [2.75, 3.05) is 23.7 Å². The van der Waals surface area contributed by atoms with Gasteiger partial charge in [-0.05, 0) is 17.5 Å². The van der Waals surface area contributed by atoms with E-state index in [9.17, 15) is 4.39 Å². The van der Waals surface area contributed by atoms with Crippen LogP contribution in [0.2, 0.25) is 0 Å². The van der Waals surface area contributed by atoms with Crippen molar-refractivity contribution in [3.05, 3.63) is 47.8 Å². The number of anilines is 1. The molecule has 0 bridgehead atoms. The Kier molecular flexibility index (Phi) is 4.58. The molecule has 3 unspecified atom stereocenters. The summed E-state index contributed by atoms with van der Waals surface area (Å²) in [6.07, 6.45) is 4.96. The van der Waals surface area contributed by atoms with Gasteiger partial charge in [0.1, 0.15) is 5.50 Å². The molecule has 2 aromatic heterocycles. The van der Waals surface area contributed by atoms with Crippen molar-refractivity contribution in [1.29, 1.82) is 0 Å². The zero-order valence-electron chi connectivity index (χ0n) is 14.9. The number of rotatable bonds is 3. The summed E-state index contributed by atoms with van der Waals surface area (Å²) in [5.41, 5.74) is 7.36. The van der Waals surface area contributed by atoms with Crippen LogP contribution in [0.4, 0.5) is 10.3 Å². The molecule has 2 fully saturated rings. The average Bonchev–Trinajstić information content (AvgIpc) is 3.02. The highest BCUT2D eigenvalue weighted by Crippen LogP contribution is 2.43. The van der Waals surface area contributed by atoms with Crippen LogP contribution in [-0.4, -0.2) is 39.3 Å². The van der Waals surface area contributed by atoms with Crippen molar-refractivity contribution in [3.8, 4) is 0 Å². The molecule has 0 saturated carbocycles. The molecule has 4 rings (SSSR count). The Balaban J connectivity index is 1.71. The third-order valence-corrected chi connectivity index (χ3v) is 6.29. The molecule has 8 heteroatoms. The van der Waals surface area contributed by atoms with Crippen LogP contribution in [-0.2, 0) is 5.54 Å². The Labute approximate surface area is 156 Å². The minimum Gasteiger partial charge on any atom is -0.338 e. The predicted octanol–water partition coefficient (Wildman–Crippen LogP) is 2.04. The van der Waals surface area contributed by atoms with E-state index in [1.165, 1.54) is 6.20 Å². The minimum absolute atomic E-state index is 0.0102. The molecule has 3 atom stereocenters. The van der Waals surface area contributed by atoms with Gasteiger partial charge in [0, 0.05) is 37.2 Å². The minimum atomic E-state index is -0.349. The molecule has 2 saturated heterocycles. The van der Waals surface area contributed by atoms with Gasteiger partial charge in [-0.3, -0.25) is 10.3 Å². The lowest BCUT2D eigenvalue weighted by Crippen LogP contribution is -2.59. The summed E-state index contributed by atoms with van der Waals surface area (Å²) >= 11 is 1.71. The molecular formula is C18H23FN6S. The summed E-state index contributed by atoms with van der Waals surface area (Å²) in [6, 6.07) is 4.04. The van der Waals surface area contributed by atoms with Gasteiger partial charge in [-0.1, -0.05) is 19.9 Å². The number of aromatic nitrogens is 3. The summed E-state index contributed by atoms with van der Waals surface area (Å²) in [5, 5.41) is 3.59. The van der Waals surface area contributed by atoms with Crippen LogP contribution in [0.1, 0.15) is 31.0 Å². The number of fused-ring (bicyclic) bond motifs is 1. The molecule has 2 aliphatic heterocycles. The number of pyridine rings is 1. The van der Waals surface area contributed by atoms with Gasteiger partial charge in [-0.25, -0.2) is 14.4 Å². The number of thioether (sulfide) groups is 1. The largest absolute Gasteiger partial charge is 0.338 e. The normalized spacial score (nSPS) is 28.4. The monoisotopic (exact) mass is 374 g/mol. The number of hydrogen-bond acceptors (Lipinski definition) is 7. The van der Waals surface area contributed by atoms with Crippen LogP contribution < -0.4 is 16.0 Å². The highest BCUT2D eigenvalue weighted by atomic mass is 32.2. The van der Waals surface area contributed by atoms with Crippen LogP contribution in [0.25, 0.3) is 0 Å². The molecule has 2 aromatic rings. The Morgan fingerprint density at radius 1 is 1.42 bits per heavy atom. The lowest BCUT2D eigenvalue weighted by molar-refractivity contribution is 0.273. The fourth-order valence-electron chi connectivity index (χ4n) is 3.91. The second-order valence-corrected chi connectivity index (χ2v) is 8.42. The zero-order chi connectivity index (χ0) is 18.3. The van der Waals surface area contributed by atoms with Gasteiger partial charge in [-0.15, -0.1) is 11.8 Å². The molecule has 0 spiro atoms. The van der Waals surface area contributed by atoms with Crippen LogP contribution in [0.5, 0.6) is 0 Å². The maximum atomic E-state index is 14.0. The first-order valence-corrected chi connectivity index (χ1v) is 9.87. The molecule has 3 N–H and O–H groups in total. The lowest BCUT2D eigenvalue weighted by Gasteiger charge is -2.42. The fraction of sp³-hybridized carbons (Fsp3) is 0.500. The predicted molar refractivity (Wildman–Crippen MR) is 101 cm³/mol. The number of hydrogen-bond donors (Lipinski definition) is 2. The summed E-state index contributed by atoms with van der Waals surface area (Å²) < 4.78 is 14.0. The highest BCUT2D eigenvalue weighted by Gasteiger charge is 2.51. The molecule has 2 aliphatic rings. The lowest BCUT2D eigenvalue weighted by atomic mass is 9.82. The smallest absolute Gasteiger partial charge is 0.225 e. The molecule has 0 amide bonds. The Hall–Kier alpha value is -1.77. The van der Waals surface area contributed by atoms with Gasteiger partial charge >= 0.3 is 0 Å². The highest BCUT2D eigenvalue weighted by molar-refractivity contribution is 7.99. The van der Waals surface area contributed by atoms with Gasteiger partial charge in [-0.2, -0.15) is 0 Å². The third-order valence-electron chi connectivity index (χ3n) is 5.22. The summed E-state index contributed by atoms with van der Waals surface area (Å²) in [4.78, 5) is 15.2. The summed E-state index contributed by atoms with van der Waals surface area (Å²) in [5.74, 6) is 1.52. The molecule has 138 valence electrons. The van der Waals surface area contributed by atoms with Crippen molar-refractivity contribution >= 4 is 17.7 Å². The Morgan fingerprint density at radius 2 is 2.27 bits per heavy atom. The third kappa shape index (κ3) is 2.95. The summed E-state index contributed by atoms with van der Waals surface area (Å²) in [7, 11) is 0. The second kappa shape index (κ2) is 6.75. The van der Waals surface area contributed by atoms with E-state index >= 15 is 0 Å². The van der Waals surface area contributed by atoms with E-state index in [0.717, 1.165) is 17.9 Å². The molecule has 6 nitrogen and oxygen atoms in total. The second-order valence-electron chi connectivity index (χ2n) is 7.25. The van der Waals surface area contributed by atoms with Gasteiger partial charge in [0.05, 0.1) is 17.4 Å². The SMILES string of the molecule is CC(C)c1nc(N2CC3CSC(N)NC3(c3cccnc3)C2)ncc1F. The quantitative estimate of drug-likeness (QED) is 0.851. The van der Waals surface area contributed by atoms with E-state index in [0.29, 0.717) is 24.1 Å². The van der Waals surface area contributed by atoms with E-state index in [1.807, 2.05) is 26.1 Å². The number of halogens is 1. The first-order chi connectivity index (χ1) is 12.5. The van der Waals surface area contributed by atoms with Crippen LogP contribution in [0, 0.1) is 11.7 Å². The van der Waals surface area contributed by atoms with E-state index in [4.69, 9.17) is 5.73 Å². The Morgan fingerprint density at radius 3 is 3.00 bits per heavy atom. The van der Waals surface area contributed by atoms with Crippen molar-refractivity contribution in [2.24, 2.45) is 11.7 Å². The average molecular weight is 374 g/mol. The first-order valence-electron chi connectivity index (χ1n) is 8.82. The number of nitrogens with two attached hydrogens (primary N) is 1. The van der Waals surface area contributed by atoms with E-state index in [1.54, 1.807) is 18.0 Å². The maximum Gasteiger partial charge on any atom is 0.225 e. The van der Waals surface area contributed by atoms with E-state index in [-0.39, 0.29) is 22.8 Å². The molecule has 0 aliphatic carbocycles. The molecule has 0 radical (unpaired) electrons.